The van der Waals surface area contributed by atoms with E-state index in [1.807, 2.05) is 42.5 Å². The van der Waals surface area contributed by atoms with Gasteiger partial charge in [0.2, 0.25) is 0 Å². The Morgan fingerprint density at radius 2 is 1.72 bits per heavy atom. The molecule has 0 N–H and O–H groups in total. The summed E-state index contributed by atoms with van der Waals surface area (Å²) in [5.41, 5.74) is 2.19. The first kappa shape index (κ1) is 15.5. The molecule has 25 heavy (non-hydrogen) atoms. The number of hydrogen-bond acceptors (Lipinski definition) is 4. The van der Waals surface area contributed by atoms with Gasteiger partial charge in [0.1, 0.15) is 11.5 Å². The fourth-order valence-electron chi connectivity index (χ4n) is 2.40. The lowest BCUT2D eigenvalue weighted by molar-refractivity contribution is 0.621. The fraction of sp³-hybridized carbons (Fsp3) is 0. The second kappa shape index (κ2) is 6.86. The Labute approximate surface area is 148 Å². The van der Waals surface area contributed by atoms with Crippen LogP contribution in [0.5, 0.6) is 0 Å². The van der Waals surface area contributed by atoms with E-state index in [1.54, 1.807) is 29.5 Å². The van der Waals surface area contributed by atoms with Crippen molar-refractivity contribution in [2.45, 2.75) is 9.79 Å². The minimum atomic E-state index is -0.302. The van der Waals surface area contributed by atoms with Crippen molar-refractivity contribution in [2.75, 3.05) is 0 Å². The normalized spacial score (nSPS) is 10.8. The van der Waals surface area contributed by atoms with Crippen LogP contribution in [-0.2, 0) is 0 Å². The molecule has 0 unspecified atom stereocenters. The molecular formula is C19H13FN4S. The van der Waals surface area contributed by atoms with E-state index in [1.165, 1.54) is 23.9 Å². The van der Waals surface area contributed by atoms with Crippen LogP contribution >= 0.6 is 11.8 Å². The van der Waals surface area contributed by atoms with Gasteiger partial charge in [0.05, 0.1) is 11.4 Å². The van der Waals surface area contributed by atoms with Crippen LogP contribution in [0.3, 0.4) is 0 Å². The molecule has 6 heteroatoms. The molecule has 3 heterocycles. The van der Waals surface area contributed by atoms with Gasteiger partial charge >= 0.3 is 0 Å². The SMILES string of the molecule is Fc1cc(Sc2ccncc2)cc(-n2ccc(-c3ccccn3)n2)c1. The topological polar surface area (TPSA) is 43.6 Å². The summed E-state index contributed by atoms with van der Waals surface area (Å²) in [4.78, 5) is 10.1. The summed E-state index contributed by atoms with van der Waals surface area (Å²) in [6, 6.07) is 16.2. The standard InChI is InChI=1S/C19H13FN4S/c20-14-11-15(13-17(12-14)25-16-4-8-21-9-5-16)24-10-6-19(23-24)18-3-1-2-7-22-18/h1-13H. The van der Waals surface area contributed by atoms with E-state index in [-0.39, 0.29) is 5.82 Å². The van der Waals surface area contributed by atoms with Crippen LogP contribution in [0.1, 0.15) is 0 Å². The van der Waals surface area contributed by atoms with Gasteiger partial charge < -0.3 is 0 Å². The average Bonchev–Trinajstić information content (AvgIpc) is 3.13. The summed E-state index contributed by atoms with van der Waals surface area (Å²) in [5, 5.41) is 4.51. The zero-order chi connectivity index (χ0) is 17.1. The number of rotatable bonds is 4. The van der Waals surface area contributed by atoms with E-state index in [0.717, 1.165) is 21.2 Å². The van der Waals surface area contributed by atoms with Crippen molar-refractivity contribution in [3.8, 4) is 17.1 Å². The van der Waals surface area contributed by atoms with Crippen molar-refractivity contribution >= 4 is 11.8 Å². The van der Waals surface area contributed by atoms with Gasteiger partial charge in [-0.1, -0.05) is 17.8 Å². The number of hydrogen-bond donors (Lipinski definition) is 0. The molecule has 0 aliphatic heterocycles. The summed E-state index contributed by atoms with van der Waals surface area (Å²) in [6.07, 6.45) is 6.96. The summed E-state index contributed by atoms with van der Waals surface area (Å²) >= 11 is 1.48. The molecule has 0 spiro atoms. The largest absolute Gasteiger partial charge is 0.265 e. The summed E-state index contributed by atoms with van der Waals surface area (Å²) in [7, 11) is 0. The smallest absolute Gasteiger partial charge is 0.126 e. The first-order valence-corrected chi connectivity index (χ1v) is 8.45. The third-order valence-electron chi connectivity index (χ3n) is 3.52. The van der Waals surface area contributed by atoms with Crippen molar-refractivity contribution in [3.63, 3.8) is 0 Å². The van der Waals surface area contributed by atoms with E-state index in [0.29, 0.717) is 5.69 Å². The maximum absolute atomic E-state index is 14.1. The van der Waals surface area contributed by atoms with E-state index < -0.39 is 0 Å². The van der Waals surface area contributed by atoms with E-state index in [9.17, 15) is 4.39 Å². The van der Waals surface area contributed by atoms with Crippen LogP contribution in [-0.4, -0.2) is 19.7 Å². The number of aromatic nitrogens is 4. The Bertz CT molecular complexity index is 987. The molecule has 0 saturated carbocycles. The van der Waals surface area contributed by atoms with Gasteiger partial charge in [0.25, 0.3) is 0 Å². The van der Waals surface area contributed by atoms with Crippen LogP contribution in [0.2, 0.25) is 0 Å². The number of halogens is 1. The molecule has 3 aromatic heterocycles. The average molecular weight is 348 g/mol. The second-order valence-electron chi connectivity index (χ2n) is 5.29. The molecule has 0 radical (unpaired) electrons. The van der Waals surface area contributed by atoms with Crippen LogP contribution in [0, 0.1) is 5.82 Å². The highest BCUT2D eigenvalue weighted by Crippen LogP contribution is 2.29. The predicted molar refractivity (Wildman–Crippen MR) is 95.1 cm³/mol. The number of benzene rings is 1. The maximum Gasteiger partial charge on any atom is 0.126 e. The Kier molecular flexibility index (Phi) is 4.26. The zero-order valence-corrected chi connectivity index (χ0v) is 13.9. The lowest BCUT2D eigenvalue weighted by Crippen LogP contribution is -1.97. The molecule has 0 atom stereocenters. The fourth-order valence-corrected chi connectivity index (χ4v) is 3.28. The van der Waals surface area contributed by atoms with Crippen molar-refractivity contribution in [2.24, 2.45) is 0 Å². The lowest BCUT2D eigenvalue weighted by Gasteiger charge is -2.06. The minimum Gasteiger partial charge on any atom is -0.265 e. The summed E-state index contributed by atoms with van der Waals surface area (Å²) < 4.78 is 15.7. The Balaban J connectivity index is 1.66. The van der Waals surface area contributed by atoms with Gasteiger partial charge in [0, 0.05) is 34.6 Å². The lowest BCUT2D eigenvalue weighted by atomic mass is 10.3. The summed E-state index contributed by atoms with van der Waals surface area (Å²) in [5.74, 6) is -0.302. The zero-order valence-electron chi connectivity index (χ0n) is 13.1. The van der Waals surface area contributed by atoms with Crippen LogP contribution in [0.15, 0.2) is 89.2 Å². The van der Waals surface area contributed by atoms with Gasteiger partial charge in [-0.3, -0.25) is 9.97 Å². The van der Waals surface area contributed by atoms with Crippen molar-refractivity contribution in [1.82, 2.24) is 19.7 Å². The molecular weight excluding hydrogens is 335 g/mol. The third-order valence-corrected chi connectivity index (χ3v) is 4.50. The Morgan fingerprint density at radius 1 is 0.840 bits per heavy atom. The van der Waals surface area contributed by atoms with Gasteiger partial charge in [0.15, 0.2) is 0 Å². The molecule has 4 rings (SSSR count). The first-order chi connectivity index (χ1) is 12.3. The van der Waals surface area contributed by atoms with Crippen LogP contribution < -0.4 is 0 Å². The minimum absolute atomic E-state index is 0.302. The molecule has 4 aromatic rings. The number of pyridine rings is 2. The van der Waals surface area contributed by atoms with Gasteiger partial charge in [-0.05, 0) is 48.5 Å². The van der Waals surface area contributed by atoms with E-state index in [4.69, 9.17) is 0 Å². The highest BCUT2D eigenvalue weighted by molar-refractivity contribution is 7.99. The van der Waals surface area contributed by atoms with Gasteiger partial charge in [-0.2, -0.15) is 5.10 Å². The highest BCUT2D eigenvalue weighted by atomic mass is 32.2. The molecule has 4 nitrogen and oxygen atoms in total. The van der Waals surface area contributed by atoms with Crippen LogP contribution in [0.25, 0.3) is 17.1 Å². The predicted octanol–water partition coefficient (Wildman–Crippen LogP) is 4.62. The molecule has 122 valence electrons. The van der Waals surface area contributed by atoms with Crippen molar-refractivity contribution in [3.05, 3.63) is 85.2 Å². The molecule has 0 fully saturated rings. The first-order valence-electron chi connectivity index (χ1n) is 7.64. The number of nitrogens with zero attached hydrogens (tertiary/aromatic N) is 4. The Morgan fingerprint density at radius 3 is 2.52 bits per heavy atom. The maximum atomic E-state index is 14.1. The second-order valence-corrected chi connectivity index (χ2v) is 6.44. The summed E-state index contributed by atoms with van der Waals surface area (Å²) in [6.45, 7) is 0. The van der Waals surface area contributed by atoms with Gasteiger partial charge in [-0.25, -0.2) is 9.07 Å². The molecule has 0 aliphatic carbocycles. The molecule has 1 aromatic carbocycles. The highest BCUT2D eigenvalue weighted by Gasteiger charge is 2.08. The van der Waals surface area contributed by atoms with E-state index in [2.05, 4.69) is 15.1 Å². The van der Waals surface area contributed by atoms with E-state index >= 15 is 0 Å². The molecule has 0 amide bonds. The van der Waals surface area contributed by atoms with Crippen LogP contribution in [0.4, 0.5) is 4.39 Å². The monoisotopic (exact) mass is 348 g/mol. The van der Waals surface area contributed by atoms with Crippen molar-refractivity contribution in [1.29, 1.82) is 0 Å². The Hall–Kier alpha value is -2.99. The molecule has 0 bridgehead atoms. The van der Waals surface area contributed by atoms with Gasteiger partial charge in [-0.15, -0.1) is 0 Å². The quantitative estimate of drug-likeness (QED) is 0.540. The van der Waals surface area contributed by atoms with Crippen molar-refractivity contribution < 1.29 is 4.39 Å². The molecule has 0 saturated heterocycles. The molecule has 0 aliphatic rings. The third kappa shape index (κ3) is 3.59.